The molecule has 0 heterocycles. The molecule has 0 atom stereocenters. The van der Waals surface area contributed by atoms with Crippen molar-refractivity contribution in [2.24, 2.45) is 4.99 Å². The number of hydrogen-bond donors (Lipinski definition) is 3. The molecule has 7 nitrogen and oxygen atoms in total. The lowest BCUT2D eigenvalue weighted by atomic mass is 10.3. The van der Waals surface area contributed by atoms with Gasteiger partial charge in [-0.25, -0.2) is 4.99 Å². The minimum Gasteiger partial charge on any atom is -0.497 e. The maximum Gasteiger partial charge on any atom is 0.242 e. The SMILES string of the molecule is CCNC(=NCC(=O)NC1CC1)NCCOc1ccc(OC)cc1.I. The van der Waals surface area contributed by atoms with Crippen molar-refractivity contribution in [2.75, 3.05) is 33.4 Å². The van der Waals surface area contributed by atoms with Crippen LogP contribution in [0.25, 0.3) is 0 Å². The summed E-state index contributed by atoms with van der Waals surface area (Å²) in [7, 11) is 1.63. The largest absolute Gasteiger partial charge is 0.497 e. The summed E-state index contributed by atoms with van der Waals surface area (Å²) in [5.41, 5.74) is 0. The van der Waals surface area contributed by atoms with E-state index in [9.17, 15) is 4.79 Å². The van der Waals surface area contributed by atoms with E-state index in [0.717, 1.165) is 30.9 Å². The number of nitrogens with one attached hydrogen (secondary N) is 3. The normalized spacial score (nSPS) is 13.4. The van der Waals surface area contributed by atoms with Crippen LogP contribution in [0.1, 0.15) is 19.8 Å². The standard InChI is InChI=1S/C17H26N4O3.HI/c1-3-18-17(20-12-16(22)21-13-4-5-13)19-10-11-24-15-8-6-14(23-2)7-9-15;/h6-9,13H,3-5,10-12H2,1-2H3,(H,21,22)(H2,18,19,20);1H. The van der Waals surface area contributed by atoms with E-state index in [0.29, 0.717) is 25.2 Å². The van der Waals surface area contributed by atoms with Gasteiger partial charge in [0.25, 0.3) is 0 Å². The monoisotopic (exact) mass is 462 g/mol. The van der Waals surface area contributed by atoms with E-state index < -0.39 is 0 Å². The molecule has 0 saturated heterocycles. The zero-order valence-corrected chi connectivity index (χ0v) is 17.0. The molecule has 1 aliphatic carbocycles. The molecule has 0 aliphatic heterocycles. The maximum atomic E-state index is 11.7. The third-order valence-corrected chi connectivity index (χ3v) is 3.39. The topological polar surface area (TPSA) is 84.0 Å². The van der Waals surface area contributed by atoms with Gasteiger partial charge in [0.1, 0.15) is 24.7 Å². The van der Waals surface area contributed by atoms with E-state index in [1.54, 1.807) is 7.11 Å². The fourth-order valence-electron chi connectivity index (χ4n) is 2.00. The Morgan fingerprint density at radius 3 is 2.48 bits per heavy atom. The maximum absolute atomic E-state index is 11.7. The van der Waals surface area contributed by atoms with Crippen molar-refractivity contribution < 1.29 is 14.3 Å². The van der Waals surface area contributed by atoms with Crippen LogP contribution in [-0.4, -0.2) is 51.3 Å². The summed E-state index contributed by atoms with van der Waals surface area (Å²) in [4.78, 5) is 15.9. The first-order valence-corrected chi connectivity index (χ1v) is 8.29. The molecule has 2 rings (SSSR count). The number of halogens is 1. The predicted octanol–water partition coefficient (Wildman–Crippen LogP) is 1.53. The van der Waals surface area contributed by atoms with Gasteiger partial charge in [-0.05, 0) is 44.0 Å². The van der Waals surface area contributed by atoms with E-state index in [-0.39, 0.29) is 36.4 Å². The Morgan fingerprint density at radius 1 is 1.20 bits per heavy atom. The van der Waals surface area contributed by atoms with Gasteiger partial charge in [0.05, 0.1) is 13.7 Å². The number of nitrogens with zero attached hydrogens (tertiary/aromatic N) is 1. The van der Waals surface area contributed by atoms with E-state index in [1.165, 1.54) is 0 Å². The Labute approximate surface area is 166 Å². The number of methoxy groups -OCH3 is 1. The van der Waals surface area contributed by atoms with E-state index in [4.69, 9.17) is 9.47 Å². The molecule has 3 N–H and O–H groups in total. The molecule has 25 heavy (non-hydrogen) atoms. The Kier molecular flexibility index (Phi) is 10.0. The average Bonchev–Trinajstić information content (AvgIpc) is 3.41. The third-order valence-electron chi connectivity index (χ3n) is 3.39. The molecule has 0 spiro atoms. The van der Waals surface area contributed by atoms with Gasteiger partial charge in [0.2, 0.25) is 5.91 Å². The molecule has 1 aromatic rings. The summed E-state index contributed by atoms with van der Waals surface area (Å²) in [5.74, 6) is 2.15. The molecular formula is C17H27IN4O3. The summed E-state index contributed by atoms with van der Waals surface area (Å²) in [5, 5.41) is 9.17. The van der Waals surface area contributed by atoms with Crippen molar-refractivity contribution in [3.8, 4) is 11.5 Å². The zero-order chi connectivity index (χ0) is 17.2. The molecule has 0 bridgehead atoms. The van der Waals surface area contributed by atoms with Gasteiger partial charge in [0.15, 0.2) is 5.96 Å². The fourth-order valence-corrected chi connectivity index (χ4v) is 2.00. The highest BCUT2D eigenvalue weighted by molar-refractivity contribution is 14.0. The third kappa shape index (κ3) is 8.80. The van der Waals surface area contributed by atoms with Crippen LogP contribution in [0.5, 0.6) is 11.5 Å². The molecule has 1 aromatic carbocycles. The Balaban J connectivity index is 0.00000312. The Bertz CT molecular complexity index is 547. The van der Waals surface area contributed by atoms with Crippen LogP contribution in [0, 0.1) is 0 Å². The summed E-state index contributed by atoms with van der Waals surface area (Å²) >= 11 is 0. The highest BCUT2D eigenvalue weighted by Crippen LogP contribution is 2.18. The van der Waals surface area contributed by atoms with Gasteiger partial charge in [-0.2, -0.15) is 0 Å². The summed E-state index contributed by atoms with van der Waals surface area (Å²) in [6.45, 7) is 3.92. The van der Waals surface area contributed by atoms with Gasteiger partial charge in [-0.1, -0.05) is 0 Å². The lowest BCUT2D eigenvalue weighted by Crippen LogP contribution is -2.40. The Hall–Kier alpha value is -1.71. The van der Waals surface area contributed by atoms with Crippen molar-refractivity contribution in [3.63, 3.8) is 0 Å². The van der Waals surface area contributed by atoms with E-state index >= 15 is 0 Å². The van der Waals surface area contributed by atoms with Crippen LogP contribution in [0.3, 0.4) is 0 Å². The predicted molar refractivity (Wildman–Crippen MR) is 109 cm³/mol. The number of aliphatic imine (C=N–C) groups is 1. The molecule has 0 unspecified atom stereocenters. The van der Waals surface area contributed by atoms with Crippen molar-refractivity contribution in [1.82, 2.24) is 16.0 Å². The van der Waals surface area contributed by atoms with Crippen LogP contribution in [0.2, 0.25) is 0 Å². The van der Waals surface area contributed by atoms with Crippen LogP contribution in [0.4, 0.5) is 0 Å². The zero-order valence-electron chi connectivity index (χ0n) is 14.7. The first-order chi connectivity index (χ1) is 11.7. The van der Waals surface area contributed by atoms with Crippen LogP contribution >= 0.6 is 24.0 Å². The van der Waals surface area contributed by atoms with Gasteiger partial charge in [0, 0.05) is 12.6 Å². The van der Waals surface area contributed by atoms with Crippen LogP contribution < -0.4 is 25.4 Å². The van der Waals surface area contributed by atoms with E-state index in [2.05, 4.69) is 20.9 Å². The number of rotatable bonds is 9. The minimum absolute atomic E-state index is 0. The first-order valence-electron chi connectivity index (χ1n) is 8.29. The van der Waals surface area contributed by atoms with Crippen molar-refractivity contribution in [2.45, 2.75) is 25.8 Å². The number of benzene rings is 1. The van der Waals surface area contributed by atoms with Crippen LogP contribution in [-0.2, 0) is 4.79 Å². The second-order valence-corrected chi connectivity index (χ2v) is 5.49. The van der Waals surface area contributed by atoms with Crippen molar-refractivity contribution in [1.29, 1.82) is 0 Å². The lowest BCUT2D eigenvalue weighted by molar-refractivity contribution is -0.119. The number of carbonyl (C=O) groups is 1. The number of guanidine groups is 1. The molecule has 0 aromatic heterocycles. The highest BCUT2D eigenvalue weighted by atomic mass is 127. The van der Waals surface area contributed by atoms with E-state index in [1.807, 2.05) is 31.2 Å². The number of carbonyl (C=O) groups excluding carboxylic acids is 1. The molecule has 140 valence electrons. The number of ether oxygens (including phenoxy) is 2. The molecule has 1 saturated carbocycles. The van der Waals surface area contributed by atoms with Gasteiger partial charge in [-0.15, -0.1) is 24.0 Å². The number of amides is 1. The average molecular weight is 462 g/mol. The Morgan fingerprint density at radius 2 is 1.88 bits per heavy atom. The highest BCUT2D eigenvalue weighted by Gasteiger charge is 2.22. The molecule has 1 aliphatic rings. The quantitative estimate of drug-likeness (QED) is 0.225. The second kappa shape index (κ2) is 11.8. The van der Waals surface area contributed by atoms with Crippen molar-refractivity contribution in [3.05, 3.63) is 24.3 Å². The van der Waals surface area contributed by atoms with Crippen molar-refractivity contribution >= 4 is 35.8 Å². The summed E-state index contributed by atoms with van der Waals surface area (Å²) in [6.07, 6.45) is 2.16. The first kappa shape index (κ1) is 21.3. The molecule has 8 heteroatoms. The molecule has 1 fully saturated rings. The van der Waals surface area contributed by atoms with Gasteiger partial charge >= 0.3 is 0 Å². The second-order valence-electron chi connectivity index (χ2n) is 5.49. The van der Waals surface area contributed by atoms with Gasteiger partial charge < -0.3 is 25.4 Å². The summed E-state index contributed by atoms with van der Waals surface area (Å²) in [6, 6.07) is 7.79. The molecule has 1 amide bonds. The van der Waals surface area contributed by atoms with Gasteiger partial charge in [-0.3, -0.25) is 4.79 Å². The molecular weight excluding hydrogens is 435 g/mol. The molecule has 0 radical (unpaired) electrons. The van der Waals surface area contributed by atoms with Crippen LogP contribution in [0.15, 0.2) is 29.3 Å². The smallest absolute Gasteiger partial charge is 0.242 e. The minimum atomic E-state index is -0.0378. The number of hydrogen-bond acceptors (Lipinski definition) is 4. The lowest BCUT2D eigenvalue weighted by Gasteiger charge is -2.12. The fraction of sp³-hybridized carbons (Fsp3) is 0.529. The summed E-state index contributed by atoms with van der Waals surface area (Å²) < 4.78 is 10.7.